The number of hydrogen-bond acceptors (Lipinski definition) is 6. The van der Waals surface area contributed by atoms with E-state index in [4.69, 9.17) is 26.5 Å². The number of ether oxygens (including phenoxy) is 1. The quantitative estimate of drug-likeness (QED) is 0.174. The second-order valence-corrected chi connectivity index (χ2v) is 8.69. The molecule has 1 heterocycles. The third-order valence-electron chi connectivity index (χ3n) is 4.86. The van der Waals surface area contributed by atoms with E-state index in [0.717, 1.165) is 16.9 Å². The molecule has 0 saturated carbocycles. The van der Waals surface area contributed by atoms with E-state index in [2.05, 4.69) is 15.2 Å². The Morgan fingerprint density at radius 2 is 1.79 bits per heavy atom. The van der Waals surface area contributed by atoms with E-state index in [0.29, 0.717) is 33.3 Å². The van der Waals surface area contributed by atoms with Gasteiger partial charge in [-0.3, -0.25) is 0 Å². The summed E-state index contributed by atoms with van der Waals surface area (Å²) in [5, 5.41) is 9.19. The summed E-state index contributed by atoms with van der Waals surface area (Å²) in [6, 6.07) is 25.1. The summed E-state index contributed by atoms with van der Waals surface area (Å²) >= 11 is 7.70. The van der Waals surface area contributed by atoms with Crippen LogP contribution in [0.2, 0.25) is 5.02 Å². The number of rotatable bonds is 8. The van der Waals surface area contributed by atoms with Crippen molar-refractivity contribution in [2.75, 3.05) is 0 Å². The van der Waals surface area contributed by atoms with Crippen molar-refractivity contribution in [3.05, 3.63) is 106 Å². The molecule has 1 aromatic heterocycles. The molecule has 34 heavy (non-hydrogen) atoms. The van der Waals surface area contributed by atoms with Gasteiger partial charge in [-0.1, -0.05) is 78.0 Å². The average molecular weight is 491 g/mol. The Hall–Kier alpha value is -3.55. The van der Waals surface area contributed by atoms with Gasteiger partial charge >= 0.3 is 0 Å². The number of benzene rings is 3. The van der Waals surface area contributed by atoms with E-state index < -0.39 is 0 Å². The fourth-order valence-corrected chi connectivity index (χ4v) is 3.91. The van der Waals surface area contributed by atoms with Crippen molar-refractivity contribution in [2.45, 2.75) is 19.3 Å². The molecule has 0 amide bonds. The van der Waals surface area contributed by atoms with Gasteiger partial charge in [0.05, 0.1) is 16.8 Å². The summed E-state index contributed by atoms with van der Waals surface area (Å²) < 4.78 is 11.8. The number of halogens is 1. The maximum Gasteiger partial charge on any atom is 0.228 e. The number of amidine groups is 1. The van der Waals surface area contributed by atoms with Gasteiger partial charge in [-0.25, -0.2) is 4.98 Å². The highest BCUT2D eigenvalue weighted by atomic mass is 35.5. The van der Waals surface area contributed by atoms with E-state index >= 15 is 0 Å². The van der Waals surface area contributed by atoms with E-state index in [1.807, 2.05) is 79.7 Å². The zero-order valence-electron chi connectivity index (χ0n) is 18.5. The van der Waals surface area contributed by atoms with Gasteiger partial charge in [-0.15, -0.1) is 5.10 Å². The molecule has 0 fully saturated rings. The summed E-state index contributed by atoms with van der Waals surface area (Å²) in [4.78, 5) is 4.57. The second kappa shape index (κ2) is 11.5. The number of oxazole rings is 1. The highest BCUT2D eigenvalue weighted by Gasteiger charge is 2.14. The molecular weight excluding hydrogens is 468 g/mol. The first-order valence-electron chi connectivity index (χ1n) is 10.6. The van der Waals surface area contributed by atoms with Crippen LogP contribution in [0.1, 0.15) is 22.6 Å². The van der Waals surface area contributed by atoms with E-state index in [9.17, 15) is 0 Å². The van der Waals surface area contributed by atoms with Crippen LogP contribution in [0.5, 0.6) is 5.75 Å². The molecule has 0 radical (unpaired) electrons. The first kappa shape index (κ1) is 23.6. The summed E-state index contributed by atoms with van der Waals surface area (Å²) in [6.07, 6.45) is 1.62. The van der Waals surface area contributed by atoms with Gasteiger partial charge in [0.2, 0.25) is 5.89 Å². The van der Waals surface area contributed by atoms with Gasteiger partial charge in [0, 0.05) is 11.3 Å². The monoisotopic (exact) mass is 490 g/mol. The SMILES string of the molecule is Cc1oc(-c2ccccc2Cl)nc1COc1ccccc1C=NN=C(N)SCc1ccccc1. The summed E-state index contributed by atoms with van der Waals surface area (Å²) in [6.45, 7) is 2.09. The summed E-state index contributed by atoms with van der Waals surface area (Å²) in [7, 11) is 0. The van der Waals surface area contributed by atoms with Crippen molar-refractivity contribution < 1.29 is 9.15 Å². The molecule has 172 valence electrons. The fraction of sp³-hybridized carbons (Fsp3) is 0.115. The lowest BCUT2D eigenvalue weighted by molar-refractivity contribution is 0.299. The number of aromatic nitrogens is 1. The summed E-state index contributed by atoms with van der Waals surface area (Å²) in [5.41, 5.74) is 9.37. The zero-order chi connectivity index (χ0) is 23.8. The Bertz CT molecular complexity index is 1310. The number of para-hydroxylation sites is 1. The standard InChI is InChI=1S/C26H23ClN4O2S/c1-18-23(30-25(33-18)21-12-6-7-13-22(21)27)16-32-24-14-8-5-11-20(24)15-29-31-26(28)34-17-19-9-3-2-4-10-19/h2-15H,16-17H2,1H3,(H2,28,31). The van der Waals surface area contributed by atoms with Crippen LogP contribution in [0.25, 0.3) is 11.5 Å². The zero-order valence-corrected chi connectivity index (χ0v) is 20.1. The molecule has 0 bridgehead atoms. The lowest BCUT2D eigenvalue weighted by Crippen LogP contribution is -2.06. The smallest absolute Gasteiger partial charge is 0.228 e. The van der Waals surface area contributed by atoms with Crippen LogP contribution in [0, 0.1) is 6.92 Å². The third-order valence-corrected chi connectivity index (χ3v) is 6.05. The average Bonchev–Trinajstić information content (AvgIpc) is 3.23. The molecule has 0 saturated heterocycles. The number of hydrogen-bond donors (Lipinski definition) is 1. The molecule has 2 N–H and O–H groups in total. The molecule has 4 rings (SSSR count). The maximum atomic E-state index is 6.27. The molecule has 0 aliphatic rings. The van der Waals surface area contributed by atoms with Gasteiger partial charge in [0.1, 0.15) is 23.8 Å². The Balaban J connectivity index is 1.40. The highest BCUT2D eigenvalue weighted by Crippen LogP contribution is 2.29. The lowest BCUT2D eigenvalue weighted by Gasteiger charge is -2.07. The topological polar surface area (TPSA) is 86.0 Å². The van der Waals surface area contributed by atoms with Gasteiger partial charge in [-0.05, 0) is 36.8 Å². The van der Waals surface area contributed by atoms with Crippen LogP contribution < -0.4 is 10.5 Å². The first-order chi connectivity index (χ1) is 16.6. The largest absolute Gasteiger partial charge is 0.486 e. The maximum absolute atomic E-state index is 6.27. The van der Waals surface area contributed by atoms with Gasteiger partial charge in [0.15, 0.2) is 5.17 Å². The molecule has 0 aliphatic heterocycles. The molecule has 4 aromatic rings. The van der Waals surface area contributed by atoms with Crippen LogP contribution >= 0.6 is 23.4 Å². The minimum atomic E-state index is 0.239. The minimum absolute atomic E-state index is 0.239. The number of thioether (sulfide) groups is 1. The first-order valence-corrected chi connectivity index (χ1v) is 11.9. The van der Waals surface area contributed by atoms with Crippen LogP contribution in [0.4, 0.5) is 0 Å². The Kier molecular flexibility index (Phi) is 8.01. The van der Waals surface area contributed by atoms with E-state index in [-0.39, 0.29) is 6.61 Å². The van der Waals surface area contributed by atoms with Crippen LogP contribution in [0.15, 0.2) is 93.5 Å². The Morgan fingerprint density at radius 1 is 1.06 bits per heavy atom. The minimum Gasteiger partial charge on any atom is -0.486 e. The van der Waals surface area contributed by atoms with Gasteiger partial charge < -0.3 is 14.9 Å². The van der Waals surface area contributed by atoms with Crippen molar-refractivity contribution in [1.29, 1.82) is 0 Å². The van der Waals surface area contributed by atoms with Gasteiger partial charge in [0.25, 0.3) is 0 Å². The molecule has 6 nitrogen and oxygen atoms in total. The van der Waals surface area contributed by atoms with E-state index in [1.165, 1.54) is 17.3 Å². The second-order valence-electron chi connectivity index (χ2n) is 7.29. The number of aryl methyl sites for hydroxylation is 1. The van der Waals surface area contributed by atoms with Crippen molar-refractivity contribution in [1.82, 2.24) is 4.98 Å². The number of nitrogens with zero attached hydrogens (tertiary/aromatic N) is 3. The molecule has 3 aromatic carbocycles. The Labute approximate surface area is 207 Å². The predicted octanol–water partition coefficient (Wildman–Crippen LogP) is 6.46. The molecule has 0 aliphatic carbocycles. The molecule has 8 heteroatoms. The third kappa shape index (κ3) is 6.27. The molecule has 0 spiro atoms. The van der Waals surface area contributed by atoms with Crippen molar-refractivity contribution in [2.24, 2.45) is 15.9 Å². The molecule has 0 unspecified atom stereocenters. The lowest BCUT2D eigenvalue weighted by atomic mass is 10.2. The van der Waals surface area contributed by atoms with E-state index in [1.54, 1.807) is 12.3 Å². The highest BCUT2D eigenvalue weighted by molar-refractivity contribution is 8.13. The predicted molar refractivity (Wildman–Crippen MR) is 139 cm³/mol. The van der Waals surface area contributed by atoms with Crippen LogP contribution in [-0.4, -0.2) is 16.4 Å². The van der Waals surface area contributed by atoms with Crippen molar-refractivity contribution in [3.63, 3.8) is 0 Å². The van der Waals surface area contributed by atoms with Crippen molar-refractivity contribution >= 4 is 34.7 Å². The number of nitrogens with two attached hydrogens (primary N) is 1. The van der Waals surface area contributed by atoms with Crippen molar-refractivity contribution in [3.8, 4) is 17.2 Å². The summed E-state index contributed by atoms with van der Waals surface area (Å²) in [5.74, 6) is 2.53. The molecule has 0 atom stereocenters. The van der Waals surface area contributed by atoms with Crippen LogP contribution in [-0.2, 0) is 12.4 Å². The van der Waals surface area contributed by atoms with Gasteiger partial charge in [-0.2, -0.15) is 5.10 Å². The normalized spacial score (nSPS) is 11.8. The molecular formula is C26H23ClN4O2S. The fourth-order valence-electron chi connectivity index (χ4n) is 3.08. The Morgan fingerprint density at radius 3 is 2.62 bits per heavy atom. The van der Waals surface area contributed by atoms with Crippen LogP contribution in [0.3, 0.4) is 0 Å².